The summed E-state index contributed by atoms with van der Waals surface area (Å²) in [5.41, 5.74) is 1.39. The maximum atomic E-state index is 13.5. The molecule has 1 N–H and O–H groups in total. The summed E-state index contributed by atoms with van der Waals surface area (Å²) in [6, 6.07) is 9.18. The summed E-state index contributed by atoms with van der Waals surface area (Å²) in [5.74, 6) is -1.33. The third-order valence-corrected chi connectivity index (χ3v) is 3.04. The molecule has 0 atom stereocenters. The first kappa shape index (κ1) is 13.1. The molecule has 0 fully saturated rings. The van der Waals surface area contributed by atoms with Gasteiger partial charge in [-0.2, -0.15) is 0 Å². The molecule has 6 heteroatoms. The molecule has 0 aliphatic rings. The van der Waals surface area contributed by atoms with Crippen LogP contribution < -0.4 is 4.74 Å². The number of para-hydroxylation sites is 1. The number of hydrogen-bond donors (Lipinski definition) is 1. The number of benzene rings is 1. The lowest BCUT2D eigenvalue weighted by Gasteiger charge is -2.07. The van der Waals surface area contributed by atoms with Gasteiger partial charge in [0.1, 0.15) is 12.3 Å². The maximum Gasteiger partial charge on any atom is 0.337 e. The molecule has 2 heterocycles. The van der Waals surface area contributed by atoms with E-state index in [9.17, 15) is 9.18 Å². The van der Waals surface area contributed by atoms with Gasteiger partial charge in [-0.25, -0.2) is 14.2 Å². The lowest BCUT2D eigenvalue weighted by molar-refractivity contribution is 0.0696. The molecule has 0 saturated carbocycles. The van der Waals surface area contributed by atoms with Crippen molar-refractivity contribution in [3.8, 4) is 5.75 Å². The van der Waals surface area contributed by atoms with Crippen molar-refractivity contribution in [2.75, 3.05) is 0 Å². The summed E-state index contributed by atoms with van der Waals surface area (Å²) in [4.78, 5) is 15.1. The Morgan fingerprint density at radius 2 is 2.10 bits per heavy atom. The van der Waals surface area contributed by atoms with Crippen molar-refractivity contribution in [2.45, 2.75) is 6.61 Å². The van der Waals surface area contributed by atoms with Crippen LogP contribution in [0.25, 0.3) is 5.65 Å². The highest BCUT2D eigenvalue weighted by atomic mass is 19.1. The molecule has 0 saturated heterocycles. The fourth-order valence-corrected chi connectivity index (χ4v) is 1.98. The molecule has 0 unspecified atom stereocenters. The standard InChI is InChI=1S/C15H11FN2O3/c16-12-3-1-2-4-13(12)21-9-11-7-17-14-6-5-10(15(19)20)8-18(11)14/h1-8H,9H2,(H,19,20). The summed E-state index contributed by atoms with van der Waals surface area (Å²) in [6.07, 6.45) is 3.03. The van der Waals surface area contributed by atoms with Gasteiger partial charge >= 0.3 is 5.97 Å². The number of pyridine rings is 1. The first-order valence-electron chi connectivity index (χ1n) is 6.22. The number of ether oxygens (including phenoxy) is 1. The SMILES string of the molecule is O=C(O)c1ccc2ncc(COc3ccccc3F)n2c1. The van der Waals surface area contributed by atoms with Gasteiger partial charge in [0.25, 0.3) is 0 Å². The summed E-state index contributed by atoms with van der Waals surface area (Å²) in [7, 11) is 0. The molecule has 106 valence electrons. The van der Waals surface area contributed by atoms with Crippen molar-refractivity contribution in [3.63, 3.8) is 0 Å². The first-order valence-corrected chi connectivity index (χ1v) is 6.22. The Kier molecular flexibility index (Phi) is 3.27. The molecule has 0 radical (unpaired) electrons. The van der Waals surface area contributed by atoms with Crippen LogP contribution in [0.15, 0.2) is 48.8 Å². The van der Waals surface area contributed by atoms with Crippen LogP contribution >= 0.6 is 0 Å². The number of carboxylic acid groups (broad SMARTS) is 1. The fraction of sp³-hybridized carbons (Fsp3) is 0.0667. The molecule has 0 aliphatic carbocycles. The Labute approximate surface area is 119 Å². The highest BCUT2D eigenvalue weighted by Gasteiger charge is 2.09. The minimum Gasteiger partial charge on any atom is -0.484 e. The minimum atomic E-state index is -1.02. The van der Waals surface area contributed by atoms with E-state index < -0.39 is 11.8 Å². The molecule has 5 nitrogen and oxygen atoms in total. The Morgan fingerprint density at radius 3 is 2.86 bits per heavy atom. The molecule has 3 rings (SSSR count). The number of aromatic nitrogens is 2. The summed E-state index contributed by atoms with van der Waals surface area (Å²) in [5, 5.41) is 9.00. The second-order valence-corrected chi connectivity index (χ2v) is 4.42. The van der Waals surface area contributed by atoms with E-state index in [4.69, 9.17) is 9.84 Å². The summed E-state index contributed by atoms with van der Waals surface area (Å²) in [6.45, 7) is 0.0885. The van der Waals surface area contributed by atoms with E-state index in [0.29, 0.717) is 11.3 Å². The van der Waals surface area contributed by atoms with E-state index in [1.165, 1.54) is 24.4 Å². The van der Waals surface area contributed by atoms with E-state index in [0.717, 1.165) is 0 Å². The summed E-state index contributed by atoms with van der Waals surface area (Å²) < 4.78 is 20.5. The topological polar surface area (TPSA) is 63.8 Å². The quantitative estimate of drug-likeness (QED) is 0.801. The van der Waals surface area contributed by atoms with E-state index in [-0.39, 0.29) is 17.9 Å². The second kappa shape index (κ2) is 5.24. The average molecular weight is 286 g/mol. The van der Waals surface area contributed by atoms with Crippen LogP contribution in [0, 0.1) is 5.82 Å². The van der Waals surface area contributed by atoms with Crippen molar-refractivity contribution in [3.05, 3.63) is 65.9 Å². The van der Waals surface area contributed by atoms with Crippen LogP contribution in [0.3, 0.4) is 0 Å². The van der Waals surface area contributed by atoms with E-state index in [1.807, 2.05) is 0 Å². The van der Waals surface area contributed by atoms with Gasteiger partial charge in [0, 0.05) is 6.20 Å². The largest absolute Gasteiger partial charge is 0.484 e. The van der Waals surface area contributed by atoms with Gasteiger partial charge in [-0.05, 0) is 24.3 Å². The number of hydrogen-bond acceptors (Lipinski definition) is 3. The number of nitrogens with zero attached hydrogens (tertiary/aromatic N) is 2. The van der Waals surface area contributed by atoms with Crippen LogP contribution in [0.2, 0.25) is 0 Å². The Balaban J connectivity index is 1.89. The third kappa shape index (κ3) is 2.55. The van der Waals surface area contributed by atoms with Crippen molar-refractivity contribution in [1.82, 2.24) is 9.38 Å². The van der Waals surface area contributed by atoms with Crippen LogP contribution in [0.1, 0.15) is 16.1 Å². The normalized spacial score (nSPS) is 10.7. The van der Waals surface area contributed by atoms with Crippen molar-refractivity contribution in [2.24, 2.45) is 0 Å². The third-order valence-electron chi connectivity index (χ3n) is 3.04. The monoisotopic (exact) mass is 286 g/mol. The molecule has 21 heavy (non-hydrogen) atoms. The summed E-state index contributed by atoms with van der Waals surface area (Å²) >= 11 is 0. The predicted octanol–water partition coefficient (Wildman–Crippen LogP) is 2.75. The van der Waals surface area contributed by atoms with Crippen LogP contribution in [0.4, 0.5) is 4.39 Å². The zero-order valence-corrected chi connectivity index (χ0v) is 10.9. The van der Waals surface area contributed by atoms with Crippen molar-refractivity contribution in [1.29, 1.82) is 0 Å². The number of aromatic carboxylic acids is 1. The lowest BCUT2D eigenvalue weighted by Crippen LogP contribution is -2.03. The van der Waals surface area contributed by atoms with E-state index in [2.05, 4.69) is 4.98 Å². The Bertz CT molecular complexity index is 814. The van der Waals surface area contributed by atoms with Gasteiger partial charge in [-0.1, -0.05) is 12.1 Å². The van der Waals surface area contributed by atoms with E-state index >= 15 is 0 Å². The minimum absolute atomic E-state index is 0.0885. The van der Waals surface area contributed by atoms with E-state index in [1.54, 1.807) is 28.8 Å². The van der Waals surface area contributed by atoms with Gasteiger partial charge in [0.05, 0.1) is 17.5 Å². The van der Waals surface area contributed by atoms with Gasteiger partial charge < -0.3 is 9.84 Å². The number of fused-ring (bicyclic) bond motifs is 1. The second-order valence-electron chi connectivity index (χ2n) is 4.42. The number of halogens is 1. The molecular formula is C15H11FN2O3. The molecule has 2 aromatic heterocycles. The van der Waals surface area contributed by atoms with Crippen LogP contribution in [-0.4, -0.2) is 20.5 Å². The zero-order chi connectivity index (χ0) is 14.8. The highest BCUT2D eigenvalue weighted by Crippen LogP contribution is 2.18. The lowest BCUT2D eigenvalue weighted by atomic mass is 10.3. The van der Waals surface area contributed by atoms with Gasteiger partial charge in [-0.15, -0.1) is 0 Å². The average Bonchev–Trinajstić information content (AvgIpc) is 2.88. The fourth-order valence-electron chi connectivity index (χ4n) is 1.98. The molecule has 0 amide bonds. The molecule has 1 aromatic carbocycles. The number of rotatable bonds is 4. The number of carbonyl (C=O) groups is 1. The number of carboxylic acids is 1. The van der Waals surface area contributed by atoms with Crippen LogP contribution in [0.5, 0.6) is 5.75 Å². The smallest absolute Gasteiger partial charge is 0.337 e. The number of imidazole rings is 1. The predicted molar refractivity (Wildman–Crippen MR) is 72.9 cm³/mol. The Hall–Kier alpha value is -2.89. The first-order chi connectivity index (χ1) is 10.1. The molecule has 0 aliphatic heterocycles. The molecule has 0 spiro atoms. The van der Waals surface area contributed by atoms with Gasteiger partial charge in [0.2, 0.25) is 0 Å². The molecular weight excluding hydrogens is 275 g/mol. The molecule has 3 aromatic rings. The van der Waals surface area contributed by atoms with Crippen LogP contribution in [-0.2, 0) is 6.61 Å². The zero-order valence-electron chi connectivity index (χ0n) is 10.9. The molecule has 0 bridgehead atoms. The van der Waals surface area contributed by atoms with Crippen molar-refractivity contribution < 1.29 is 19.0 Å². The highest BCUT2D eigenvalue weighted by molar-refractivity contribution is 5.87. The Morgan fingerprint density at radius 1 is 1.29 bits per heavy atom. The van der Waals surface area contributed by atoms with Crippen molar-refractivity contribution >= 4 is 11.6 Å². The van der Waals surface area contributed by atoms with Gasteiger partial charge in [0.15, 0.2) is 11.6 Å². The van der Waals surface area contributed by atoms with Gasteiger partial charge in [-0.3, -0.25) is 4.40 Å². The maximum absolute atomic E-state index is 13.5.